The van der Waals surface area contributed by atoms with E-state index in [0.717, 1.165) is 18.7 Å². The number of fused-ring (bicyclic) bond motifs is 1. The molecule has 0 amide bonds. The van der Waals surface area contributed by atoms with Crippen LogP contribution in [0.15, 0.2) is 12.1 Å². The van der Waals surface area contributed by atoms with Crippen LogP contribution in [0.2, 0.25) is 5.15 Å². The molecule has 1 aliphatic heterocycles. The van der Waals surface area contributed by atoms with E-state index in [4.69, 9.17) is 11.6 Å². The third-order valence-electron chi connectivity index (χ3n) is 2.42. The van der Waals surface area contributed by atoms with Crippen molar-refractivity contribution in [2.24, 2.45) is 0 Å². The first-order valence-corrected chi connectivity index (χ1v) is 4.88. The predicted molar refractivity (Wildman–Crippen MR) is 55.3 cm³/mol. The van der Waals surface area contributed by atoms with E-state index in [2.05, 4.69) is 24.1 Å². The summed E-state index contributed by atoms with van der Waals surface area (Å²) in [4.78, 5) is 4.26. The van der Waals surface area contributed by atoms with Gasteiger partial charge in [0.05, 0.1) is 0 Å². The topological polar surface area (TPSA) is 24.9 Å². The zero-order valence-corrected chi connectivity index (χ0v) is 8.65. The van der Waals surface area contributed by atoms with Crippen LogP contribution in [0.3, 0.4) is 0 Å². The molecule has 0 bridgehead atoms. The molecule has 0 spiro atoms. The van der Waals surface area contributed by atoms with Crippen LogP contribution >= 0.6 is 11.6 Å². The van der Waals surface area contributed by atoms with Gasteiger partial charge in [-0.05, 0) is 38.3 Å². The summed E-state index contributed by atoms with van der Waals surface area (Å²) in [7, 11) is 0. The molecule has 0 radical (unpaired) electrons. The van der Waals surface area contributed by atoms with Crippen molar-refractivity contribution in [3.05, 3.63) is 22.8 Å². The van der Waals surface area contributed by atoms with Crippen molar-refractivity contribution < 1.29 is 0 Å². The lowest BCUT2D eigenvalue weighted by Crippen LogP contribution is -2.35. The van der Waals surface area contributed by atoms with Gasteiger partial charge in [0.1, 0.15) is 11.0 Å². The Balaban J connectivity index is 2.38. The lowest BCUT2D eigenvalue weighted by Gasteiger charge is -2.32. The van der Waals surface area contributed by atoms with E-state index in [1.807, 2.05) is 12.1 Å². The van der Waals surface area contributed by atoms with Crippen molar-refractivity contribution in [1.29, 1.82) is 0 Å². The van der Waals surface area contributed by atoms with Crippen molar-refractivity contribution in [3.63, 3.8) is 0 Å². The Kier molecular flexibility index (Phi) is 1.95. The Morgan fingerprint density at radius 3 is 3.00 bits per heavy atom. The Bertz CT molecular complexity index is 334. The van der Waals surface area contributed by atoms with Gasteiger partial charge in [-0.3, -0.25) is 0 Å². The zero-order valence-electron chi connectivity index (χ0n) is 7.89. The molecule has 1 aromatic heterocycles. The van der Waals surface area contributed by atoms with Gasteiger partial charge in [0, 0.05) is 5.54 Å². The number of rotatable bonds is 0. The van der Waals surface area contributed by atoms with E-state index in [0.29, 0.717) is 5.15 Å². The molecule has 2 heterocycles. The molecule has 1 N–H and O–H groups in total. The molecular weight excluding hydrogens is 184 g/mol. The molecule has 0 saturated heterocycles. The number of halogens is 1. The first-order valence-electron chi connectivity index (χ1n) is 4.50. The molecule has 2 nitrogen and oxygen atoms in total. The Morgan fingerprint density at radius 2 is 2.23 bits per heavy atom. The molecule has 0 aromatic carbocycles. The molecule has 0 fully saturated rings. The predicted octanol–water partition coefficient (Wildman–Crippen LogP) is 2.87. The molecular formula is C10H13ClN2. The van der Waals surface area contributed by atoms with Crippen LogP contribution in [0, 0.1) is 0 Å². The van der Waals surface area contributed by atoms with Gasteiger partial charge in [0.15, 0.2) is 0 Å². The SMILES string of the molecule is CC1(C)CCc2ccc(Cl)nc2N1. The third-order valence-corrected chi connectivity index (χ3v) is 2.63. The molecule has 1 aliphatic rings. The lowest BCUT2D eigenvalue weighted by atomic mass is 9.91. The van der Waals surface area contributed by atoms with Gasteiger partial charge in [-0.2, -0.15) is 0 Å². The molecule has 1 aromatic rings. The van der Waals surface area contributed by atoms with Crippen molar-refractivity contribution in [1.82, 2.24) is 4.98 Å². The molecule has 3 heteroatoms. The van der Waals surface area contributed by atoms with Crippen molar-refractivity contribution >= 4 is 17.4 Å². The van der Waals surface area contributed by atoms with E-state index < -0.39 is 0 Å². The van der Waals surface area contributed by atoms with Gasteiger partial charge in [0.2, 0.25) is 0 Å². The minimum Gasteiger partial charge on any atom is -0.365 e. The fraction of sp³-hybridized carbons (Fsp3) is 0.500. The first kappa shape index (κ1) is 8.82. The van der Waals surface area contributed by atoms with Crippen molar-refractivity contribution in [2.75, 3.05) is 5.32 Å². The van der Waals surface area contributed by atoms with E-state index in [9.17, 15) is 0 Å². The van der Waals surface area contributed by atoms with Crippen LogP contribution in [0.25, 0.3) is 0 Å². The van der Waals surface area contributed by atoms with Crippen molar-refractivity contribution in [2.45, 2.75) is 32.2 Å². The summed E-state index contributed by atoms with van der Waals surface area (Å²) in [5.41, 5.74) is 1.41. The maximum absolute atomic E-state index is 5.82. The van der Waals surface area contributed by atoms with Gasteiger partial charge in [-0.15, -0.1) is 0 Å². The number of nitrogens with zero attached hydrogens (tertiary/aromatic N) is 1. The highest BCUT2D eigenvalue weighted by molar-refractivity contribution is 6.29. The van der Waals surface area contributed by atoms with E-state index in [1.54, 1.807) is 0 Å². The number of aromatic nitrogens is 1. The van der Waals surface area contributed by atoms with E-state index in [1.165, 1.54) is 5.56 Å². The summed E-state index contributed by atoms with van der Waals surface area (Å²) in [5, 5.41) is 3.94. The van der Waals surface area contributed by atoms with Crippen LogP contribution in [0.5, 0.6) is 0 Å². The van der Waals surface area contributed by atoms with Crippen LogP contribution < -0.4 is 5.32 Å². The van der Waals surface area contributed by atoms with Gasteiger partial charge >= 0.3 is 0 Å². The molecule has 0 saturated carbocycles. The largest absolute Gasteiger partial charge is 0.365 e. The normalized spacial score (nSPS) is 19.0. The second kappa shape index (κ2) is 2.88. The minimum atomic E-state index is 0.144. The molecule has 2 rings (SSSR count). The molecule has 0 aliphatic carbocycles. The Hall–Kier alpha value is -0.760. The number of hydrogen-bond donors (Lipinski definition) is 1. The summed E-state index contributed by atoms with van der Waals surface area (Å²) >= 11 is 5.82. The third kappa shape index (κ3) is 1.78. The van der Waals surface area contributed by atoms with Crippen molar-refractivity contribution in [3.8, 4) is 0 Å². The smallest absolute Gasteiger partial charge is 0.131 e. The van der Waals surface area contributed by atoms with Gasteiger partial charge < -0.3 is 5.32 Å². The highest BCUT2D eigenvalue weighted by atomic mass is 35.5. The maximum atomic E-state index is 5.82. The lowest BCUT2D eigenvalue weighted by molar-refractivity contribution is 0.498. The second-order valence-corrected chi connectivity index (χ2v) is 4.54. The van der Waals surface area contributed by atoms with Crippen LogP contribution in [-0.4, -0.2) is 10.5 Å². The Labute approximate surface area is 83.3 Å². The number of anilines is 1. The van der Waals surface area contributed by atoms with Crippen LogP contribution in [0.4, 0.5) is 5.82 Å². The summed E-state index contributed by atoms with van der Waals surface area (Å²) < 4.78 is 0. The Morgan fingerprint density at radius 1 is 1.46 bits per heavy atom. The summed E-state index contributed by atoms with van der Waals surface area (Å²) in [5.74, 6) is 0.948. The number of nitrogens with one attached hydrogen (secondary N) is 1. The fourth-order valence-electron chi connectivity index (χ4n) is 1.60. The average Bonchev–Trinajstić information content (AvgIpc) is 2.01. The first-order chi connectivity index (χ1) is 6.07. The summed E-state index contributed by atoms with van der Waals surface area (Å²) in [6.45, 7) is 4.36. The van der Waals surface area contributed by atoms with Gasteiger partial charge in [-0.1, -0.05) is 17.7 Å². The highest BCUT2D eigenvalue weighted by Crippen LogP contribution is 2.29. The summed E-state index contributed by atoms with van der Waals surface area (Å²) in [6, 6.07) is 3.90. The standard InChI is InChI=1S/C10H13ClN2/c1-10(2)6-5-7-3-4-8(11)12-9(7)13-10/h3-4H,5-6H2,1-2H3,(H,12,13). The monoisotopic (exact) mass is 196 g/mol. The minimum absolute atomic E-state index is 0.144. The molecule has 0 atom stereocenters. The zero-order chi connectivity index (χ0) is 9.47. The van der Waals surface area contributed by atoms with Crippen LogP contribution in [0.1, 0.15) is 25.8 Å². The average molecular weight is 197 g/mol. The molecule has 13 heavy (non-hydrogen) atoms. The van der Waals surface area contributed by atoms with Crippen LogP contribution in [-0.2, 0) is 6.42 Å². The number of hydrogen-bond acceptors (Lipinski definition) is 2. The molecule has 70 valence electrons. The second-order valence-electron chi connectivity index (χ2n) is 4.15. The maximum Gasteiger partial charge on any atom is 0.131 e. The van der Waals surface area contributed by atoms with Gasteiger partial charge in [-0.25, -0.2) is 4.98 Å². The number of aryl methyl sites for hydroxylation is 1. The van der Waals surface area contributed by atoms with E-state index >= 15 is 0 Å². The fourth-order valence-corrected chi connectivity index (χ4v) is 1.75. The van der Waals surface area contributed by atoms with Gasteiger partial charge in [0.25, 0.3) is 0 Å². The summed E-state index contributed by atoms with van der Waals surface area (Å²) in [6.07, 6.45) is 2.23. The quantitative estimate of drug-likeness (QED) is 0.646. The highest BCUT2D eigenvalue weighted by Gasteiger charge is 2.24. The number of pyridine rings is 1. The van der Waals surface area contributed by atoms with E-state index in [-0.39, 0.29) is 5.54 Å². The molecule has 0 unspecified atom stereocenters.